The molecular weight excluding hydrogens is 516 g/mol. The van der Waals surface area contributed by atoms with Crippen LogP contribution in [-0.2, 0) is 16.0 Å². The lowest BCUT2D eigenvalue weighted by Gasteiger charge is -2.18. The molecule has 8 heteroatoms. The Morgan fingerprint density at radius 1 is 0.951 bits per heavy atom. The number of aliphatic imine (C=N–C) groups is 1. The van der Waals surface area contributed by atoms with Gasteiger partial charge >= 0.3 is 5.97 Å². The van der Waals surface area contributed by atoms with Crippen LogP contribution in [0, 0.1) is 0 Å². The van der Waals surface area contributed by atoms with Gasteiger partial charge in [-0.2, -0.15) is 0 Å². The zero-order valence-corrected chi connectivity index (χ0v) is 22.4. The lowest BCUT2D eigenvalue weighted by Crippen LogP contribution is -2.34. The minimum absolute atomic E-state index is 0.00358. The lowest BCUT2D eigenvalue weighted by atomic mass is 10.00. The number of nitrogens with zero attached hydrogens (tertiary/aromatic N) is 2. The quantitative estimate of drug-likeness (QED) is 0.177. The van der Waals surface area contributed by atoms with Gasteiger partial charge in [-0.1, -0.05) is 54.6 Å². The van der Waals surface area contributed by atoms with Crippen molar-refractivity contribution >= 4 is 45.6 Å². The molecule has 1 aromatic heterocycles. The molecule has 0 unspecified atom stereocenters. The number of hydrogen-bond acceptors (Lipinski definition) is 6. The van der Waals surface area contributed by atoms with Gasteiger partial charge in [0.15, 0.2) is 5.88 Å². The zero-order valence-electron chi connectivity index (χ0n) is 22.4. The number of ether oxygens (including phenoxy) is 1. The van der Waals surface area contributed by atoms with Gasteiger partial charge in [-0.3, -0.25) is 4.79 Å². The number of methoxy groups -OCH3 is 1. The highest BCUT2D eigenvalue weighted by molar-refractivity contribution is 6.22. The number of nitrogens with one attached hydrogen (secondary N) is 2. The van der Waals surface area contributed by atoms with E-state index < -0.39 is 5.97 Å². The number of aromatic amines is 1. The molecule has 8 nitrogen and oxygen atoms in total. The number of hydrogen-bond donors (Lipinski definition) is 3. The molecular formula is C33H28N4O4. The molecule has 0 aliphatic carbocycles. The van der Waals surface area contributed by atoms with Crippen molar-refractivity contribution in [3.8, 4) is 5.88 Å². The molecule has 41 heavy (non-hydrogen) atoms. The fourth-order valence-electron chi connectivity index (χ4n) is 5.20. The highest BCUT2D eigenvalue weighted by Crippen LogP contribution is 2.35. The first-order valence-electron chi connectivity index (χ1n) is 13.3. The number of H-pyrrole nitrogens is 1. The van der Waals surface area contributed by atoms with Gasteiger partial charge in [0.05, 0.1) is 36.2 Å². The Morgan fingerprint density at radius 3 is 2.46 bits per heavy atom. The smallest absolute Gasteiger partial charge is 0.337 e. The molecule has 2 heterocycles. The van der Waals surface area contributed by atoms with Crippen LogP contribution in [0.3, 0.4) is 0 Å². The van der Waals surface area contributed by atoms with Gasteiger partial charge in [-0.05, 0) is 54.4 Å². The Morgan fingerprint density at radius 2 is 1.71 bits per heavy atom. The van der Waals surface area contributed by atoms with Crippen LogP contribution in [0.15, 0.2) is 102 Å². The van der Waals surface area contributed by atoms with Gasteiger partial charge in [-0.25, -0.2) is 9.79 Å². The number of fused-ring (bicyclic) bond motifs is 2. The maximum Gasteiger partial charge on any atom is 0.337 e. The maximum absolute atomic E-state index is 13.0. The van der Waals surface area contributed by atoms with E-state index in [0.29, 0.717) is 34.6 Å². The highest BCUT2D eigenvalue weighted by atomic mass is 16.5. The molecule has 204 valence electrons. The van der Waals surface area contributed by atoms with Crippen LogP contribution in [0.25, 0.3) is 10.9 Å². The molecule has 1 aliphatic rings. The molecule has 6 rings (SSSR count). The first-order valence-corrected chi connectivity index (χ1v) is 13.3. The van der Waals surface area contributed by atoms with Crippen molar-refractivity contribution in [3.63, 3.8) is 0 Å². The molecule has 5 aromatic rings. The number of carbonyl (C=O) groups excluding carboxylic acids is 2. The van der Waals surface area contributed by atoms with Crippen molar-refractivity contribution in [3.05, 3.63) is 119 Å². The van der Waals surface area contributed by atoms with Crippen molar-refractivity contribution in [2.75, 3.05) is 30.4 Å². The van der Waals surface area contributed by atoms with Crippen LogP contribution in [0.2, 0.25) is 0 Å². The number of anilines is 2. The number of aromatic hydroxyl groups is 1. The molecule has 0 fully saturated rings. The summed E-state index contributed by atoms with van der Waals surface area (Å²) in [6.07, 6.45) is 0.727. The third-order valence-electron chi connectivity index (χ3n) is 7.20. The maximum atomic E-state index is 13.0. The van der Waals surface area contributed by atoms with Crippen molar-refractivity contribution in [2.24, 2.45) is 4.99 Å². The van der Waals surface area contributed by atoms with Crippen molar-refractivity contribution < 1.29 is 19.4 Å². The minimum atomic E-state index is -0.457. The molecule has 1 aliphatic heterocycles. The average Bonchev–Trinajstić information content (AvgIpc) is 3.58. The van der Waals surface area contributed by atoms with E-state index in [9.17, 15) is 14.7 Å². The Balaban J connectivity index is 1.34. The van der Waals surface area contributed by atoms with Gasteiger partial charge in [0.2, 0.25) is 5.91 Å². The molecule has 0 radical (unpaired) electrons. The van der Waals surface area contributed by atoms with Crippen LogP contribution in [0.5, 0.6) is 5.88 Å². The van der Waals surface area contributed by atoms with Crippen LogP contribution in [-0.4, -0.2) is 47.9 Å². The van der Waals surface area contributed by atoms with Crippen LogP contribution < -0.4 is 10.2 Å². The molecule has 3 N–H and O–H groups in total. The van der Waals surface area contributed by atoms with Crippen LogP contribution >= 0.6 is 0 Å². The molecule has 0 atom stereocenters. The molecule has 0 saturated heterocycles. The third kappa shape index (κ3) is 5.15. The van der Waals surface area contributed by atoms with Crippen molar-refractivity contribution in [1.29, 1.82) is 0 Å². The summed E-state index contributed by atoms with van der Waals surface area (Å²) in [4.78, 5) is 34.9. The third-order valence-corrected chi connectivity index (χ3v) is 7.20. The number of benzene rings is 4. The Kier molecular flexibility index (Phi) is 6.95. The van der Waals surface area contributed by atoms with Gasteiger partial charge in [0, 0.05) is 34.4 Å². The van der Waals surface area contributed by atoms with Gasteiger partial charge < -0.3 is 25.0 Å². The predicted molar refractivity (Wildman–Crippen MR) is 160 cm³/mol. The summed E-state index contributed by atoms with van der Waals surface area (Å²) >= 11 is 0. The van der Waals surface area contributed by atoms with E-state index >= 15 is 0 Å². The van der Waals surface area contributed by atoms with E-state index in [2.05, 4.69) is 10.3 Å². The fourth-order valence-corrected chi connectivity index (χ4v) is 5.20. The van der Waals surface area contributed by atoms with E-state index in [4.69, 9.17) is 9.73 Å². The van der Waals surface area contributed by atoms with Crippen LogP contribution in [0.4, 0.5) is 17.1 Å². The van der Waals surface area contributed by atoms with Crippen molar-refractivity contribution in [1.82, 2.24) is 4.98 Å². The minimum Gasteiger partial charge on any atom is -0.494 e. The number of amides is 1. The Hall–Kier alpha value is -5.37. The SMILES string of the molecule is COC(=O)c1ccc2c(C(=Nc3ccc4c(c3)CCN4C(=O)CNc3ccccc3)c3ccccc3)c(O)[nH]c2c1. The van der Waals surface area contributed by atoms with Crippen molar-refractivity contribution in [2.45, 2.75) is 6.42 Å². The second-order valence-electron chi connectivity index (χ2n) is 9.75. The molecule has 0 bridgehead atoms. The fraction of sp³-hybridized carbons (Fsp3) is 0.121. The van der Waals surface area contributed by atoms with Crippen LogP contribution in [0.1, 0.15) is 27.0 Å². The number of para-hydroxylation sites is 1. The summed E-state index contributed by atoms with van der Waals surface area (Å²) in [5.74, 6) is -0.502. The normalized spacial score (nSPS) is 12.8. The second kappa shape index (κ2) is 11.0. The summed E-state index contributed by atoms with van der Waals surface area (Å²) in [5, 5.41) is 14.9. The monoisotopic (exact) mass is 544 g/mol. The van der Waals surface area contributed by atoms with E-state index in [1.165, 1.54) is 7.11 Å². The molecule has 0 spiro atoms. The topological polar surface area (TPSA) is 107 Å². The summed E-state index contributed by atoms with van der Waals surface area (Å²) in [5.41, 5.74) is 6.45. The van der Waals surface area contributed by atoms with Gasteiger partial charge in [-0.15, -0.1) is 0 Å². The first-order chi connectivity index (χ1) is 20.0. The number of rotatable bonds is 7. The zero-order chi connectivity index (χ0) is 28.3. The summed E-state index contributed by atoms with van der Waals surface area (Å²) in [6.45, 7) is 0.814. The lowest BCUT2D eigenvalue weighted by molar-refractivity contribution is -0.116. The average molecular weight is 545 g/mol. The van der Waals surface area contributed by atoms with E-state index in [1.54, 1.807) is 23.1 Å². The second-order valence-corrected chi connectivity index (χ2v) is 9.75. The molecule has 1 amide bonds. The van der Waals surface area contributed by atoms with Gasteiger partial charge in [0.25, 0.3) is 0 Å². The van der Waals surface area contributed by atoms with E-state index in [1.807, 2.05) is 78.9 Å². The Labute approximate surface area is 236 Å². The van der Waals surface area contributed by atoms with Gasteiger partial charge in [0.1, 0.15) is 0 Å². The molecule has 4 aromatic carbocycles. The Bertz CT molecular complexity index is 1780. The summed E-state index contributed by atoms with van der Waals surface area (Å²) in [7, 11) is 1.33. The van der Waals surface area contributed by atoms with E-state index in [-0.39, 0.29) is 18.3 Å². The summed E-state index contributed by atoms with van der Waals surface area (Å²) < 4.78 is 4.84. The predicted octanol–water partition coefficient (Wildman–Crippen LogP) is 5.83. The number of carbonyl (C=O) groups is 2. The standard InChI is InChI=1S/C33H28N4O4/c1-41-33(40)23-12-14-26-27(19-23)36-32(39)30(26)31(21-8-4-2-5-9-21)35-25-13-15-28-22(18-25)16-17-37(28)29(38)20-34-24-10-6-3-7-11-24/h2-15,18-19,34,36,39H,16-17,20H2,1H3. The largest absolute Gasteiger partial charge is 0.494 e. The number of esters is 1. The highest BCUT2D eigenvalue weighted by Gasteiger charge is 2.25. The first kappa shape index (κ1) is 25.9. The summed E-state index contributed by atoms with van der Waals surface area (Å²) in [6, 6.07) is 30.2. The molecule has 0 saturated carbocycles. The number of aromatic nitrogens is 1. The van der Waals surface area contributed by atoms with E-state index in [0.717, 1.165) is 34.3 Å².